The number of hydrogen-bond acceptors (Lipinski definition) is 3. The predicted molar refractivity (Wildman–Crippen MR) is 63.3 cm³/mol. The highest BCUT2D eigenvalue weighted by Crippen LogP contribution is 2.21. The van der Waals surface area contributed by atoms with Crippen molar-refractivity contribution in [1.82, 2.24) is 4.90 Å². The summed E-state index contributed by atoms with van der Waals surface area (Å²) < 4.78 is 0. The van der Waals surface area contributed by atoms with Gasteiger partial charge in [-0.05, 0) is 30.7 Å². The number of thiophene rings is 1. The van der Waals surface area contributed by atoms with E-state index in [-0.39, 0.29) is 11.8 Å². The third-order valence-electron chi connectivity index (χ3n) is 3.05. The molecule has 4 heteroatoms. The standard InChI is InChI=1S/C12H14N2OS/c1-9-7-16-8-11(9)12(15)14-4-2-10(6-13)3-5-14/h7-8,10H,2-5H2,1H3. The summed E-state index contributed by atoms with van der Waals surface area (Å²) in [5, 5.41) is 12.7. The fraction of sp³-hybridized carbons (Fsp3) is 0.500. The lowest BCUT2D eigenvalue weighted by atomic mass is 9.98. The van der Waals surface area contributed by atoms with E-state index in [1.54, 1.807) is 11.3 Å². The van der Waals surface area contributed by atoms with E-state index in [1.165, 1.54) is 0 Å². The molecule has 0 aromatic carbocycles. The second kappa shape index (κ2) is 4.67. The molecule has 1 aliphatic heterocycles. The summed E-state index contributed by atoms with van der Waals surface area (Å²) in [6, 6.07) is 2.27. The Morgan fingerprint density at radius 2 is 2.19 bits per heavy atom. The number of carbonyl (C=O) groups is 1. The smallest absolute Gasteiger partial charge is 0.254 e. The average Bonchev–Trinajstić information content (AvgIpc) is 2.75. The lowest BCUT2D eigenvalue weighted by Gasteiger charge is -2.29. The maximum atomic E-state index is 12.1. The molecule has 1 fully saturated rings. The Balaban J connectivity index is 2.03. The Labute approximate surface area is 99.3 Å². The zero-order valence-electron chi connectivity index (χ0n) is 9.27. The second-order valence-electron chi connectivity index (χ2n) is 4.16. The molecule has 2 heterocycles. The van der Waals surface area contributed by atoms with E-state index >= 15 is 0 Å². The van der Waals surface area contributed by atoms with Crippen molar-refractivity contribution in [2.75, 3.05) is 13.1 Å². The van der Waals surface area contributed by atoms with Crippen molar-refractivity contribution < 1.29 is 4.79 Å². The van der Waals surface area contributed by atoms with E-state index in [1.807, 2.05) is 22.6 Å². The number of rotatable bonds is 1. The molecule has 0 N–H and O–H groups in total. The second-order valence-corrected chi connectivity index (χ2v) is 4.91. The van der Waals surface area contributed by atoms with Gasteiger partial charge in [-0.1, -0.05) is 0 Å². The number of piperidine rings is 1. The summed E-state index contributed by atoms with van der Waals surface area (Å²) in [6.07, 6.45) is 1.62. The lowest BCUT2D eigenvalue weighted by Crippen LogP contribution is -2.38. The SMILES string of the molecule is Cc1cscc1C(=O)N1CCC(C#N)CC1. The first-order valence-electron chi connectivity index (χ1n) is 5.44. The third kappa shape index (κ3) is 2.10. The van der Waals surface area contributed by atoms with E-state index in [2.05, 4.69) is 6.07 Å². The number of amides is 1. The summed E-state index contributed by atoms with van der Waals surface area (Å²) in [7, 11) is 0. The van der Waals surface area contributed by atoms with Gasteiger partial charge in [-0.15, -0.1) is 0 Å². The van der Waals surface area contributed by atoms with Gasteiger partial charge in [-0.3, -0.25) is 4.79 Å². The first kappa shape index (κ1) is 11.2. The molecule has 1 amide bonds. The van der Waals surface area contributed by atoms with E-state index < -0.39 is 0 Å². The summed E-state index contributed by atoms with van der Waals surface area (Å²) in [5.41, 5.74) is 1.87. The Kier molecular flexibility index (Phi) is 3.25. The first-order valence-corrected chi connectivity index (χ1v) is 6.38. The van der Waals surface area contributed by atoms with Crippen LogP contribution in [0.3, 0.4) is 0 Å². The number of hydrogen-bond donors (Lipinski definition) is 0. The van der Waals surface area contributed by atoms with E-state index in [9.17, 15) is 4.79 Å². The minimum atomic E-state index is 0.120. The van der Waals surface area contributed by atoms with Gasteiger partial charge in [-0.25, -0.2) is 0 Å². The summed E-state index contributed by atoms with van der Waals surface area (Å²) in [4.78, 5) is 14.0. The van der Waals surface area contributed by atoms with Gasteiger partial charge in [0.1, 0.15) is 0 Å². The topological polar surface area (TPSA) is 44.1 Å². The third-order valence-corrected chi connectivity index (χ3v) is 3.91. The van der Waals surface area contributed by atoms with Gasteiger partial charge in [0, 0.05) is 24.4 Å². The summed E-state index contributed by atoms with van der Waals surface area (Å²) in [6.45, 7) is 3.39. The van der Waals surface area contributed by atoms with Crippen molar-refractivity contribution in [3.8, 4) is 6.07 Å². The maximum absolute atomic E-state index is 12.1. The van der Waals surface area contributed by atoms with Crippen LogP contribution >= 0.6 is 11.3 Å². The van der Waals surface area contributed by atoms with Crippen molar-refractivity contribution in [3.05, 3.63) is 21.9 Å². The minimum absolute atomic E-state index is 0.120. The van der Waals surface area contributed by atoms with Gasteiger partial charge in [0.15, 0.2) is 0 Å². The first-order chi connectivity index (χ1) is 7.72. The van der Waals surface area contributed by atoms with Crippen LogP contribution in [0.4, 0.5) is 0 Å². The maximum Gasteiger partial charge on any atom is 0.254 e. The molecule has 16 heavy (non-hydrogen) atoms. The Morgan fingerprint density at radius 3 is 2.69 bits per heavy atom. The van der Waals surface area contributed by atoms with Crippen LogP contribution < -0.4 is 0 Å². The summed E-state index contributed by atoms with van der Waals surface area (Å²) >= 11 is 1.56. The molecule has 0 radical (unpaired) electrons. The highest BCUT2D eigenvalue weighted by molar-refractivity contribution is 7.08. The number of nitriles is 1. The zero-order chi connectivity index (χ0) is 11.5. The molecule has 1 aromatic heterocycles. The average molecular weight is 234 g/mol. The van der Waals surface area contributed by atoms with Crippen molar-refractivity contribution in [3.63, 3.8) is 0 Å². The van der Waals surface area contributed by atoms with E-state index in [4.69, 9.17) is 5.26 Å². The molecule has 3 nitrogen and oxygen atoms in total. The molecule has 0 atom stereocenters. The molecule has 0 aliphatic carbocycles. The highest BCUT2D eigenvalue weighted by atomic mass is 32.1. The van der Waals surface area contributed by atoms with Gasteiger partial charge in [-0.2, -0.15) is 16.6 Å². The molecule has 0 spiro atoms. The quantitative estimate of drug-likeness (QED) is 0.749. The fourth-order valence-electron chi connectivity index (χ4n) is 1.96. The number of likely N-dealkylation sites (tertiary alicyclic amines) is 1. The Morgan fingerprint density at radius 1 is 1.50 bits per heavy atom. The van der Waals surface area contributed by atoms with Crippen molar-refractivity contribution in [2.45, 2.75) is 19.8 Å². The molecule has 84 valence electrons. The monoisotopic (exact) mass is 234 g/mol. The van der Waals surface area contributed by atoms with Gasteiger partial charge < -0.3 is 4.90 Å². The fourth-order valence-corrected chi connectivity index (χ4v) is 2.78. The van der Waals surface area contributed by atoms with Gasteiger partial charge in [0.25, 0.3) is 5.91 Å². The number of carbonyl (C=O) groups excluding carboxylic acids is 1. The van der Waals surface area contributed by atoms with Gasteiger partial charge >= 0.3 is 0 Å². The van der Waals surface area contributed by atoms with Gasteiger partial charge in [0.2, 0.25) is 0 Å². The Bertz CT molecular complexity index is 424. The minimum Gasteiger partial charge on any atom is -0.339 e. The van der Waals surface area contributed by atoms with Gasteiger partial charge in [0.05, 0.1) is 11.6 Å². The summed E-state index contributed by atoms with van der Waals surface area (Å²) in [5.74, 6) is 0.253. The van der Waals surface area contributed by atoms with Crippen LogP contribution in [0.15, 0.2) is 10.8 Å². The van der Waals surface area contributed by atoms with E-state index in [0.29, 0.717) is 13.1 Å². The zero-order valence-corrected chi connectivity index (χ0v) is 10.1. The van der Waals surface area contributed by atoms with Crippen LogP contribution in [0.1, 0.15) is 28.8 Å². The normalized spacial score (nSPS) is 17.1. The van der Waals surface area contributed by atoms with Crippen molar-refractivity contribution >= 4 is 17.2 Å². The van der Waals surface area contributed by atoms with Crippen LogP contribution in [0.5, 0.6) is 0 Å². The number of nitrogens with zero attached hydrogens (tertiary/aromatic N) is 2. The highest BCUT2D eigenvalue weighted by Gasteiger charge is 2.24. The van der Waals surface area contributed by atoms with Crippen LogP contribution in [-0.2, 0) is 0 Å². The molecule has 1 aromatic rings. The van der Waals surface area contributed by atoms with Crippen LogP contribution in [-0.4, -0.2) is 23.9 Å². The van der Waals surface area contributed by atoms with Crippen molar-refractivity contribution in [2.24, 2.45) is 5.92 Å². The molecule has 0 saturated carbocycles. The molecule has 0 unspecified atom stereocenters. The molecule has 1 aliphatic rings. The molecule has 0 bridgehead atoms. The largest absolute Gasteiger partial charge is 0.339 e. The predicted octanol–water partition coefficient (Wildman–Crippen LogP) is 2.43. The molecule has 2 rings (SSSR count). The van der Waals surface area contributed by atoms with Crippen LogP contribution in [0, 0.1) is 24.2 Å². The molecule has 1 saturated heterocycles. The van der Waals surface area contributed by atoms with Crippen LogP contribution in [0.25, 0.3) is 0 Å². The van der Waals surface area contributed by atoms with Crippen LogP contribution in [0.2, 0.25) is 0 Å². The van der Waals surface area contributed by atoms with Crippen molar-refractivity contribution in [1.29, 1.82) is 5.26 Å². The van der Waals surface area contributed by atoms with E-state index in [0.717, 1.165) is 24.0 Å². The Hall–Kier alpha value is -1.34. The number of aryl methyl sites for hydroxylation is 1. The molecular weight excluding hydrogens is 220 g/mol. The molecular formula is C12H14N2OS. The lowest BCUT2D eigenvalue weighted by molar-refractivity contribution is 0.0707.